The molecule has 4 nitrogen and oxygen atoms in total. The van der Waals surface area contributed by atoms with Gasteiger partial charge in [0.05, 0.1) is 12.0 Å². The molecule has 2 aromatic carbocycles. The van der Waals surface area contributed by atoms with Crippen LogP contribution in [0.2, 0.25) is 0 Å². The van der Waals surface area contributed by atoms with Crippen molar-refractivity contribution < 1.29 is 36.6 Å². The molecule has 0 heterocycles. The number of nitrogens with two attached hydrogens (primary N) is 1. The summed E-state index contributed by atoms with van der Waals surface area (Å²) < 4.78 is 70.0. The minimum absolute atomic E-state index is 0.0347. The Morgan fingerprint density at radius 1 is 0.881 bits per heavy atom. The fraction of sp³-hybridized carbons (Fsp3) is 0.455. The van der Waals surface area contributed by atoms with Crippen molar-refractivity contribution in [2.24, 2.45) is 23.5 Å². The number of hydrogen-bond acceptors (Lipinski definition) is 3. The Labute approximate surface area is 241 Å². The van der Waals surface area contributed by atoms with Gasteiger partial charge in [0.15, 0.2) is 5.78 Å². The monoisotopic (exact) mass is 587 g/mol. The average Bonchev–Trinajstić information content (AvgIpc) is 3.00. The summed E-state index contributed by atoms with van der Waals surface area (Å²) in [5.74, 6) is -8.87. The van der Waals surface area contributed by atoms with E-state index in [9.17, 15) is 36.6 Å². The second kappa shape index (κ2) is 11.4. The second-order valence-corrected chi connectivity index (χ2v) is 11.9. The maximum atomic E-state index is 14.7. The molecule has 3 N–H and O–H groups in total. The SMILES string of the molecule is CC1CC(C(F)(F)C(F)(F)F)C(O)CCC(c2ccc(-c3ccc(C(N)=O)cc3)cc2)C2=C3CCC(=O)C=C3CCC21. The van der Waals surface area contributed by atoms with Gasteiger partial charge in [-0.15, -0.1) is 0 Å². The fourth-order valence-corrected chi connectivity index (χ4v) is 7.16. The first kappa shape index (κ1) is 30.1. The normalized spacial score (nSPS) is 27.3. The average molecular weight is 588 g/mol. The number of rotatable bonds is 4. The molecule has 1 saturated carbocycles. The lowest BCUT2D eigenvalue weighted by molar-refractivity contribution is -0.314. The van der Waals surface area contributed by atoms with E-state index in [1.165, 1.54) is 0 Å². The van der Waals surface area contributed by atoms with E-state index in [-0.39, 0.29) is 30.5 Å². The molecule has 0 aromatic heterocycles. The smallest absolute Gasteiger partial charge is 0.393 e. The van der Waals surface area contributed by atoms with Gasteiger partial charge in [0, 0.05) is 17.9 Å². The molecule has 2 aromatic rings. The quantitative estimate of drug-likeness (QED) is 0.363. The van der Waals surface area contributed by atoms with Crippen molar-refractivity contribution in [3.63, 3.8) is 0 Å². The minimum Gasteiger partial charge on any atom is -0.393 e. The van der Waals surface area contributed by atoms with E-state index >= 15 is 0 Å². The van der Waals surface area contributed by atoms with Crippen LogP contribution in [0.4, 0.5) is 22.0 Å². The number of fused-ring (bicyclic) bond motifs is 2. The predicted octanol–water partition coefficient (Wildman–Crippen LogP) is 7.53. The summed E-state index contributed by atoms with van der Waals surface area (Å²) >= 11 is 0. The van der Waals surface area contributed by atoms with Gasteiger partial charge in [-0.05, 0) is 96.4 Å². The van der Waals surface area contributed by atoms with Crippen LogP contribution in [0.25, 0.3) is 11.1 Å². The fourth-order valence-electron chi connectivity index (χ4n) is 7.16. The van der Waals surface area contributed by atoms with Crippen molar-refractivity contribution in [2.45, 2.75) is 76.0 Å². The van der Waals surface area contributed by atoms with Crippen LogP contribution in [-0.4, -0.2) is 35.0 Å². The first-order chi connectivity index (χ1) is 19.8. The highest BCUT2D eigenvalue weighted by atomic mass is 19.4. The third-order valence-corrected chi connectivity index (χ3v) is 9.38. The number of carbonyl (C=O) groups is 2. The number of amides is 1. The Bertz CT molecular complexity index is 1410. The van der Waals surface area contributed by atoms with Crippen molar-refractivity contribution in [2.75, 3.05) is 0 Å². The molecule has 0 radical (unpaired) electrons. The maximum Gasteiger partial charge on any atom is 0.453 e. The van der Waals surface area contributed by atoms with Crippen molar-refractivity contribution in [3.05, 3.63) is 82.5 Å². The lowest BCUT2D eigenvalue weighted by Crippen LogP contribution is -2.49. The zero-order valence-corrected chi connectivity index (χ0v) is 23.3. The summed E-state index contributed by atoms with van der Waals surface area (Å²) in [5.41, 5.74) is 11.3. The predicted molar refractivity (Wildman–Crippen MR) is 149 cm³/mol. The molecule has 5 atom stereocenters. The first-order valence-corrected chi connectivity index (χ1v) is 14.4. The third-order valence-electron chi connectivity index (χ3n) is 9.38. The van der Waals surface area contributed by atoms with Crippen LogP contribution in [0.15, 0.2) is 71.3 Å². The molecule has 0 aliphatic heterocycles. The number of carbonyl (C=O) groups excluding carboxylic acids is 2. The Balaban J connectivity index is 1.57. The van der Waals surface area contributed by atoms with E-state index in [0.29, 0.717) is 31.2 Å². The largest absolute Gasteiger partial charge is 0.453 e. The maximum absolute atomic E-state index is 14.7. The van der Waals surface area contributed by atoms with E-state index in [4.69, 9.17) is 5.73 Å². The van der Waals surface area contributed by atoms with E-state index in [1.54, 1.807) is 37.3 Å². The lowest BCUT2D eigenvalue weighted by Gasteiger charge is -2.40. The molecular formula is C33H34F5NO3. The van der Waals surface area contributed by atoms with Gasteiger partial charge in [0.2, 0.25) is 5.91 Å². The molecule has 3 aliphatic rings. The van der Waals surface area contributed by atoms with Crippen molar-refractivity contribution in [1.29, 1.82) is 0 Å². The second-order valence-electron chi connectivity index (χ2n) is 11.9. The molecule has 0 bridgehead atoms. The van der Waals surface area contributed by atoms with Gasteiger partial charge in [-0.3, -0.25) is 9.59 Å². The summed E-state index contributed by atoms with van der Waals surface area (Å²) in [4.78, 5) is 23.7. The molecule has 0 saturated heterocycles. The number of aliphatic hydroxyl groups excluding tert-OH is 1. The molecule has 1 fully saturated rings. The number of hydrogen-bond donors (Lipinski definition) is 2. The minimum atomic E-state index is -5.76. The molecule has 9 heteroatoms. The molecule has 5 rings (SSSR count). The van der Waals surface area contributed by atoms with E-state index in [1.807, 2.05) is 24.3 Å². The van der Waals surface area contributed by atoms with Crippen LogP contribution < -0.4 is 5.73 Å². The molecule has 0 spiro atoms. The number of ketones is 1. The van der Waals surface area contributed by atoms with Crippen LogP contribution in [0, 0.1) is 17.8 Å². The molecular weight excluding hydrogens is 553 g/mol. The van der Waals surface area contributed by atoms with E-state index in [2.05, 4.69) is 0 Å². The summed E-state index contributed by atoms with van der Waals surface area (Å²) in [6.45, 7) is 1.71. The Morgan fingerprint density at radius 3 is 2.10 bits per heavy atom. The van der Waals surface area contributed by atoms with Crippen molar-refractivity contribution in [1.82, 2.24) is 0 Å². The molecule has 5 unspecified atom stereocenters. The van der Waals surface area contributed by atoms with Crippen LogP contribution in [-0.2, 0) is 4.79 Å². The Hall–Kier alpha value is -3.33. The van der Waals surface area contributed by atoms with Gasteiger partial charge in [-0.25, -0.2) is 0 Å². The van der Waals surface area contributed by atoms with Gasteiger partial charge in [-0.2, -0.15) is 22.0 Å². The summed E-state index contributed by atoms with van der Waals surface area (Å²) in [5, 5.41) is 10.9. The van der Waals surface area contributed by atoms with E-state index in [0.717, 1.165) is 33.4 Å². The van der Waals surface area contributed by atoms with Gasteiger partial charge in [-0.1, -0.05) is 48.9 Å². The van der Waals surface area contributed by atoms with E-state index < -0.39 is 42.4 Å². The highest BCUT2D eigenvalue weighted by Crippen LogP contribution is 2.54. The number of halogens is 5. The van der Waals surface area contributed by atoms with Crippen LogP contribution >= 0.6 is 0 Å². The Morgan fingerprint density at radius 2 is 1.50 bits per heavy atom. The lowest BCUT2D eigenvalue weighted by atomic mass is 9.65. The van der Waals surface area contributed by atoms with Crippen LogP contribution in [0.1, 0.15) is 73.7 Å². The summed E-state index contributed by atoms with van der Waals surface area (Å²) in [7, 11) is 0. The highest BCUT2D eigenvalue weighted by Gasteiger charge is 2.64. The van der Waals surface area contributed by atoms with Gasteiger partial charge in [0.1, 0.15) is 0 Å². The number of aliphatic hydroxyl groups is 1. The van der Waals surface area contributed by atoms with Gasteiger partial charge in [0.25, 0.3) is 0 Å². The zero-order valence-electron chi connectivity index (χ0n) is 23.3. The van der Waals surface area contributed by atoms with Crippen LogP contribution in [0.5, 0.6) is 0 Å². The number of benzene rings is 2. The molecule has 224 valence electrons. The molecule has 1 amide bonds. The third kappa shape index (κ3) is 5.68. The number of primary amides is 1. The first-order valence-electron chi connectivity index (χ1n) is 14.4. The molecule has 3 aliphatic carbocycles. The highest BCUT2D eigenvalue weighted by molar-refractivity contribution is 5.93. The Kier molecular flexibility index (Phi) is 8.18. The van der Waals surface area contributed by atoms with Gasteiger partial charge >= 0.3 is 12.1 Å². The summed E-state index contributed by atoms with van der Waals surface area (Å²) in [6, 6.07) is 14.5. The standard InChI is InChI=1S/C33H34F5NO3/c1-18-16-28(32(34,35)33(36,37)38)29(41)15-14-26(30-25(18)12-10-23-17-24(40)11-13-27(23)30)21-6-2-19(3-7-21)20-4-8-22(9-5-20)31(39)42/h2-9,17-18,25-26,28-29,41H,10-16H2,1H3,(H2,39,42). The number of allylic oxidation sites excluding steroid dienone is 4. The summed E-state index contributed by atoms with van der Waals surface area (Å²) in [6.07, 6.45) is -4.47. The van der Waals surface area contributed by atoms with Gasteiger partial charge < -0.3 is 10.8 Å². The van der Waals surface area contributed by atoms with Crippen LogP contribution in [0.3, 0.4) is 0 Å². The topological polar surface area (TPSA) is 80.4 Å². The molecule has 42 heavy (non-hydrogen) atoms. The van der Waals surface area contributed by atoms with Crippen molar-refractivity contribution in [3.8, 4) is 11.1 Å². The number of alkyl halides is 5. The zero-order chi connectivity index (χ0) is 30.4. The van der Waals surface area contributed by atoms with Crippen molar-refractivity contribution >= 4 is 11.7 Å².